The number of hydrogen-bond acceptors (Lipinski definition) is 3. The molecule has 0 spiro atoms. The van der Waals surface area contributed by atoms with Gasteiger partial charge in [0, 0.05) is 31.0 Å². The summed E-state index contributed by atoms with van der Waals surface area (Å²) in [7, 11) is 0. The molecule has 1 aliphatic rings. The number of nitrogens with one attached hydrogen (secondary N) is 1. The molecule has 0 amide bonds. The summed E-state index contributed by atoms with van der Waals surface area (Å²) in [4.78, 5) is 8.06. The van der Waals surface area contributed by atoms with Crippen molar-refractivity contribution in [2.75, 3.05) is 6.54 Å². The van der Waals surface area contributed by atoms with Gasteiger partial charge in [-0.2, -0.15) is 13.2 Å². The highest BCUT2D eigenvalue weighted by molar-refractivity contribution is 5.30. The Kier molecular flexibility index (Phi) is 3.56. The second kappa shape index (κ2) is 4.84. The average molecular weight is 259 g/mol. The first-order valence-electron chi connectivity index (χ1n) is 6.11. The number of nitrogens with zero attached hydrogens (tertiary/aromatic N) is 2. The predicted molar refractivity (Wildman–Crippen MR) is 61.2 cm³/mol. The van der Waals surface area contributed by atoms with Crippen LogP contribution in [0.3, 0.4) is 0 Å². The first-order chi connectivity index (χ1) is 8.43. The molecule has 1 N–H and O–H groups in total. The topological polar surface area (TPSA) is 37.8 Å². The van der Waals surface area contributed by atoms with Crippen LogP contribution >= 0.6 is 0 Å². The van der Waals surface area contributed by atoms with Gasteiger partial charge in [0.05, 0.1) is 5.69 Å². The minimum atomic E-state index is -4.41. The van der Waals surface area contributed by atoms with Crippen LogP contribution in [0.1, 0.15) is 49.0 Å². The summed E-state index contributed by atoms with van der Waals surface area (Å²) >= 11 is 0. The molecule has 1 aliphatic heterocycles. The van der Waals surface area contributed by atoms with E-state index in [9.17, 15) is 13.2 Å². The normalized spacial score (nSPS) is 17.4. The lowest BCUT2D eigenvalue weighted by Gasteiger charge is -2.22. The maximum atomic E-state index is 13.0. The standard InChI is InChI=1S/C12H16F3N3/c1-3-7(2)11-17-9-4-5-16-6-8(9)10(18-11)12(13,14)15/h7,16H,3-6H2,1-2H3. The van der Waals surface area contributed by atoms with Crippen molar-refractivity contribution in [2.24, 2.45) is 0 Å². The zero-order valence-electron chi connectivity index (χ0n) is 10.4. The van der Waals surface area contributed by atoms with E-state index < -0.39 is 11.9 Å². The van der Waals surface area contributed by atoms with Gasteiger partial charge in [-0.15, -0.1) is 0 Å². The third kappa shape index (κ3) is 2.48. The molecule has 2 rings (SSSR count). The van der Waals surface area contributed by atoms with Crippen LogP contribution in [-0.2, 0) is 19.1 Å². The van der Waals surface area contributed by atoms with Crippen molar-refractivity contribution >= 4 is 0 Å². The third-order valence-electron chi connectivity index (χ3n) is 3.27. The average Bonchev–Trinajstić information content (AvgIpc) is 2.35. The molecule has 0 fully saturated rings. The highest BCUT2D eigenvalue weighted by Crippen LogP contribution is 2.33. The molecule has 0 aromatic carbocycles. The lowest BCUT2D eigenvalue weighted by Crippen LogP contribution is -2.29. The first kappa shape index (κ1) is 13.3. The van der Waals surface area contributed by atoms with Gasteiger partial charge in [0.1, 0.15) is 5.82 Å². The van der Waals surface area contributed by atoms with Crippen molar-refractivity contribution in [1.82, 2.24) is 15.3 Å². The van der Waals surface area contributed by atoms with Gasteiger partial charge in [-0.05, 0) is 6.42 Å². The van der Waals surface area contributed by atoms with E-state index in [4.69, 9.17) is 0 Å². The third-order valence-corrected chi connectivity index (χ3v) is 3.27. The molecular weight excluding hydrogens is 243 g/mol. The zero-order valence-corrected chi connectivity index (χ0v) is 10.4. The Morgan fingerprint density at radius 3 is 2.67 bits per heavy atom. The van der Waals surface area contributed by atoms with Gasteiger partial charge in [0.15, 0.2) is 5.69 Å². The number of rotatable bonds is 2. The van der Waals surface area contributed by atoms with Crippen molar-refractivity contribution in [3.8, 4) is 0 Å². The van der Waals surface area contributed by atoms with Crippen LogP contribution < -0.4 is 5.32 Å². The van der Waals surface area contributed by atoms with Crippen LogP contribution in [0.2, 0.25) is 0 Å². The maximum absolute atomic E-state index is 13.0. The van der Waals surface area contributed by atoms with E-state index in [0.717, 1.165) is 6.42 Å². The number of halogens is 3. The summed E-state index contributed by atoms with van der Waals surface area (Å²) in [5.41, 5.74) is -0.0119. The molecule has 2 heterocycles. The Morgan fingerprint density at radius 2 is 2.06 bits per heavy atom. The van der Waals surface area contributed by atoms with Gasteiger partial charge in [0.2, 0.25) is 0 Å². The quantitative estimate of drug-likeness (QED) is 0.887. The van der Waals surface area contributed by atoms with E-state index in [0.29, 0.717) is 24.5 Å². The van der Waals surface area contributed by atoms with Crippen LogP contribution in [0.5, 0.6) is 0 Å². The second-order valence-corrected chi connectivity index (χ2v) is 4.59. The molecule has 0 radical (unpaired) electrons. The SMILES string of the molecule is CCC(C)c1nc2c(c(C(F)(F)F)n1)CNCC2. The van der Waals surface area contributed by atoms with Gasteiger partial charge >= 0.3 is 6.18 Å². The van der Waals surface area contributed by atoms with Gasteiger partial charge in [0.25, 0.3) is 0 Å². The van der Waals surface area contributed by atoms with E-state index >= 15 is 0 Å². The molecule has 18 heavy (non-hydrogen) atoms. The van der Waals surface area contributed by atoms with E-state index in [1.807, 2.05) is 13.8 Å². The van der Waals surface area contributed by atoms with Crippen LogP contribution in [-0.4, -0.2) is 16.5 Å². The highest BCUT2D eigenvalue weighted by atomic mass is 19.4. The van der Waals surface area contributed by atoms with Crippen molar-refractivity contribution in [3.05, 3.63) is 22.8 Å². The van der Waals surface area contributed by atoms with Gasteiger partial charge in [-0.3, -0.25) is 0 Å². The molecular formula is C12H16F3N3. The van der Waals surface area contributed by atoms with Gasteiger partial charge in [-0.25, -0.2) is 9.97 Å². The molecule has 0 saturated heterocycles. The van der Waals surface area contributed by atoms with Crippen molar-refractivity contribution in [1.29, 1.82) is 0 Å². The monoisotopic (exact) mass is 259 g/mol. The van der Waals surface area contributed by atoms with E-state index in [2.05, 4.69) is 15.3 Å². The van der Waals surface area contributed by atoms with Crippen LogP contribution in [0, 0.1) is 0 Å². The van der Waals surface area contributed by atoms with Crippen LogP contribution in [0.4, 0.5) is 13.2 Å². The molecule has 6 heteroatoms. The summed E-state index contributed by atoms with van der Waals surface area (Å²) in [6.07, 6.45) is -3.15. The van der Waals surface area contributed by atoms with E-state index in [-0.39, 0.29) is 18.0 Å². The number of hydrogen-bond donors (Lipinski definition) is 1. The minimum absolute atomic E-state index is 0.0497. The highest BCUT2D eigenvalue weighted by Gasteiger charge is 2.38. The maximum Gasteiger partial charge on any atom is 0.433 e. The summed E-state index contributed by atoms with van der Waals surface area (Å²) in [5, 5.41) is 2.94. The van der Waals surface area contributed by atoms with Crippen molar-refractivity contribution in [2.45, 2.75) is 45.3 Å². The molecule has 3 nitrogen and oxygen atoms in total. The Labute approximate surface area is 104 Å². The molecule has 0 saturated carbocycles. The Morgan fingerprint density at radius 1 is 1.33 bits per heavy atom. The first-order valence-corrected chi connectivity index (χ1v) is 6.11. The summed E-state index contributed by atoms with van der Waals surface area (Å²) in [5.74, 6) is 0.261. The Balaban J connectivity index is 2.55. The fourth-order valence-corrected chi connectivity index (χ4v) is 2.00. The molecule has 1 atom stereocenters. The van der Waals surface area contributed by atoms with Crippen LogP contribution in [0.25, 0.3) is 0 Å². The number of aromatic nitrogens is 2. The van der Waals surface area contributed by atoms with Gasteiger partial charge < -0.3 is 5.32 Å². The molecule has 0 aliphatic carbocycles. The predicted octanol–water partition coefficient (Wildman–Crippen LogP) is 2.65. The fraction of sp³-hybridized carbons (Fsp3) is 0.667. The molecule has 100 valence electrons. The second-order valence-electron chi connectivity index (χ2n) is 4.59. The van der Waals surface area contributed by atoms with Crippen molar-refractivity contribution in [3.63, 3.8) is 0 Å². The Bertz CT molecular complexity index is 443. The van der Waals surface area contributed by atoms with Crippen LogP contribution in [0.15, 0.2) is 0 Å². The summed E-state index contributed by atoms with van der Waals surface area (Å²) < 4.78 is 39.0. The zero-order chi connectivity index (χ0) is 13.3. The number of alkyl halides is 3. The summed E-state index contributed by atoms with van der Waals surface area (Å²) in [6, 6.07) is 0. The van der Waals surface area contributed by atoms with E-state index in [1.165, 1.54) is 0 Å². The Hall–Kier alpha value is -1.17. The molecule has 1 unspecified atom stereocenters. The largest absolute Gasteiger partial charge is 0.433 e. The number of fused-ring (bicyclic) bond motifs is 1. The minimum Gasteiger partial charge on any atom is -0.312 e. The van der Waals surface area contributed by atoms with Crippen molar-refractivity contribution < 1.29 is 13.2 Å². The fourth-order valence-electron chi connectivity index (χ4n) is 2.00. The smallest absolute Gasteiger partial charge is 0.312 e. The summed E-state index contributed by atoms with van der Waals surface area (Å²) in [6.45, 7) is 4.64. The molecule has 1 aromatic heterocycles. The molecule has 0 bridgehead atoms. The lowest BCUT2D eigenvalue weighted by atomic mass is 10.0. The molecule has 1 aromatic rings. The van der Waals surface area contributed by atoms with Gasteiger partial charge in [-0.1, -0.05) is 13.8 Å². The lowest BCUT2D eigenvalue weighted by molar-refractivity contribution is -0.142. The van der Waals surface area contributed by atoms with E-state index in [1.54, 1.807) is 0 Å².